The molecule has 1 unspecified atom stereocenters. The summed E-state index contributed by atoms with van der Waals surface area (Å²) in [5.41, 5.74) is 5.10. The number of nitrogens with one attached hydrogen (secondary N) is 1. The van der Waals surface area contributed by atoms with E-state index in [1.54, 1.807) is 5.56 Å². The Hall–Kier alpha value is -0.980. The number of unbranched alkanes of at least 4 members (excludes halogenated alkanes) is 3. The summed E-state index contributed by atoms with van der Waals surface area (Å²) in [4.78, 5) is 0. The predicted octanol–water partition coefficient (Wildman–Crippen LogP) is 9.65. The van der Waals surface area contributed by atoms with Gasteiger partial charge in [0.15, 0.2) is 0 Å². The van der Waals surface area contributed by atoms with Gasteiger partial charge < -0.3 is 5.32 Å². The van der Waals surface area contributed by atoms with Crippen molar-refractivity contribution in [1.82, 2.24) is 0 Å². The van der Waals surface area contributed by atoms with Crippen LogP contribution in [0.3, 0.4) is 0 Å². The lowest BCUT2D eigenvalue weighted by molar-refractivity contribution is 0.0409. The van der Waals surface area contributed by atoms with E-state index in [4.69, 9.17) is 0 Å². The molecule has 1 aromatic rings. The highest BCUT2D eigenvalue weighted by molar-refractivity contribution is 5.49. The minimum absolute atomic E-state index is 0.702. The third-order valence-electron chi connectivity index (χ3n) is 9.09. The van der Waals surface area contributed by atoms with Crippen LogP contribution in [0.1, 0.15) is 134 Å². The first-order valence-corrected chi connectivity index (χ1v) is 13.9. The maximum atomic E-state index is 3.60. The summed E-state index contributed by atoms with van der Waals surface area (Å²) >= 11 is 0. The summed E-state index contributed by atoms with van der Waals surface area (Å²) in [5.74, 6) is 2.59. The Balaban J connectivity index is 1.58. The molecule has 2 saturated carbocycles. The molecule has 0 aliphatic heterocycles. The highest BCUT2D eigenvalue weighted by Gasteiger charge is 2.41. The predicted molar refractivity (Wildman–Crippen MR) is 138 cm³/mol. The average Bonchev–Trinajstić information content (AvgIpc) is 2.80. The first-order chi connectivity index (χ1) is 15.1. The second-order valence-electron chi connectivity index (χ2n) is 11.1. The molecule has 2 aliphatic rings. The van der Waals surface area contributed by atoms with Crippen molar-refractivity contribution in [1.29, 1.82) is 0 Å². The summed E-state index contributed by atoms with van der Waals surface area (Å²) in [5, 5.41) is 3.60. The Morgan fingerprint density at radius 3 is 2.29 bits per heavy atom. The van der Waals surface area contributed by atoms with Gasteiger partial charge in [0.1, 0.15) is 0 Å². The lowest BCUT2D eigenvalue weighted by Gasteiger charge is -2.47. The lowest BCUT2D eigenvalue weighted by atomic mass is 9.58. The zero-order valence-electron chi connectivity index (χ0n) is 21.3. The molecule has 3 rings (SSSR count). The van der Waals surface area contributed by atoms with Gasteiger partial charge in [0.25, 0.3) is 0 Å². The van der Waals surface area contributed by atoms with Gasteiger partial charge in [-0.05, 0) is 105 Å². The second-order valence-corrected chi connectivity index (χ2v) is 11.1. The van der Waals surface area contributed by atoms with Crippen molar-refractivity contribution >= 4 is 5.69 Å². The molecule has 2 fully saturated rings. The zero-order chi connectivity index (χ0) is 22.1. The van der Waals surface area contributed by atoms with E-state index in [2.05, 4.69) is 51.2 Å². The van der Waals surface area contributed by atoms with Crippen molar-refractivity contribution in [2.75, 3.05) is 11.9 Å². The minimum Gasteiger partial charge on any atom is -0.385 e. The first-order valence-electron chi connectivity index (χ1n) is 13.9. The summed E-state index contributed by atoms with van der Waals surface area (Å²) in [6.45, 7) is 10.5. The molecule has 0 spiro atoms. The van der Waals surface area contributed by atoms with E-state index >= 15 is 0 Å². The van der Waals surface area contributed by atoms with Crippen molar-refractivity contribution in [2.24, 2.45) is 17.3 Å². The summed E-state index contributed by atoms with van der Waals surface area (Å²) < 4.78 is 0. The molecule has 1 N–H and O–H groups in total. The average molecular weight is 426 g/mol. The number of hydrogen-bond acceptors (Lipinski definition) is 1. The molecule has 1 nitrogen and oxygen atoms in total. The van der Waals surface area contributed by atoms with Crippen LogP contribution < -0.4 is 5.32 Å². The second kappa shape index (κ2) is 12.3. The Bertz CT molecular complexity index is 634. The van der Waals surface area contributed by atoms with Crippen molar-refractivity contribution in [2.45, 2.75) is 130 Å². The fraction of sp³-hybridized carbons (Fsp3) is 0.800. The van der Waals surface area contributed by atoms with Crippen molar-refractivity contribution in [3.8, 4) is 0 Å². The molecule has 176 valence electrons. The van der Waals surface area contributed by atoms with Gasteiger partial charge in [-0.25, -0.2) is 0 Å². The van der Waals surface area contributed by atoms with E-state index in [-0.39, 0.29) is 0 Å². The fourth-order valence-electron chi connectivity index (χ4n) is 7.04. The van der Waals surface area contributed by atoms with Gasteiger partial charge in [0, 0.05) is 12.2 Å². The van der Waals surface area contributed by atoms with Crippen LogP contribution in [0.15, 0.2) is 18.2 Å². The van der Waals surface area contributed by atoms with Gasteiger partial charge in [-0.3, -0.25) is 0 Å². The number of hydrogen-bond donors (Lipinski definition) is 1. The molecule has 0 aromatic heterocycles. The standard InChI is InChI=1S/C30H51N/c1-5-7-10-19-30(20-11-9-12-21-30)27-15-13-26(14-16-27)25(4)29-18-17-28(23-24(29)3)31-22-8-6-2/h17-18,23,25-27,31H,5-16,19-22H2,1-4H3/t25?,26-,27-. The molecular weight excluding hydrogens is 374 g/mol. The maximum absolute atomic E-state index is 3.60. The molecule has 31 heavy (non-hydrogen) atoms. The molecule has 0 radical (unpaired) electrons. The van der Waals surface area contributed by atoms with Crippen molar-refractivity contribution in [3.05, 3.63) is 29.3 Å². The van der Waals surface area contributed by atoms with E-state index in [9.17, 15) is 0 Å². The van der Waals surface area contributed by atoms with Gasteiger partial charge in [0.05, 0.1) is 0 Å². The van der Waals surface area contributed by atoms with Gasteiger partial charge in [-0.15, -0.1) is 0 Å². The largest absolute Gasteiger partial charge is 0.385 e. The molecule has 0 bridgehead atoms. The Morgan fingerprint density at radius 1 is 0.935 bits per heavy atom. The fourth-order valence-corrected chi connectivity index (χ4v) is 7.04. The Morgan fingerprint density at radius 2 is 1.65 bits per heavy atom. The highest BCUT2D eigenvalue weighted by Crippen LogP contribution is 2.53. The summed E-state index contributed by atoms with van der Waals surface area (Å²) in [6.07, 6.45) is 21.8. The molecule has 1 heteroatoms. The molecule has 0 amide bonds. The third-order valence-corrected chi connectivity index (χ3v) is 9.09. The highest BCUT2D eigenvalue weighted by atomic mass is 14.9. The van der Waals surface area contributed by atoms with Gasteiger partial charge in [0.2, 0.25) is 0 Å². The molecule has 0 saturated heterocycles. The summed E-state index contributed by atoms with van der Waals surface area (Å²) in [6, 6.07) is 7.14. The van der Waals surface area contributed by atoms with E-state index in [0.717, 1.165) is 18.4 Å². The van der Waals surface area contributed by atoms with Crippen LogP contribution in [0.2, 0.25) is 0 Å². The molecule has 2 aliphatic carbocycles. The number of benzene rings is 1. The van der Waals surface area contributed by atoms with Crippen LogP contribution in [0, 0.1) is 24.2 Å². The summed E-state index contributed by atoms with van der Waals surface area (Å²) in [7, 11) is 0. The molecule has 1 atom stereocenters. The smallest absolute Gasteiger partial charge is 0.0343 e. The first kappa shape index (κ1) is 24.7. The van der Waals surface area contributed by atoms with E-state index in [1.807, 2.05) is 0 Å². The SMILES string of the molecule is CCCCCC1([C@H]2CC[C@H](C(C)c3ccc(NCCCC)cc3C)CC2)CCCCC1. The minimum atomic E-state index is 0.702. The van der Waals surface area contributed by atoms with Crippen LogP contribution in [0.5, 0.6) is 0 Å². The zero-order valence-corrected chi connectivity index (χ0v) is 21.3. The van der Waals surface area contributed by atoms with Crippen LogP contribution in [0.4, 0.5) is 5.69 Å². The van der Waals surface area contributed by atoms with Gasteiger partial charge in [-0.2, -0.15) is 0 Å². The normalized spacial score (nSPS) is 24.6. The van der Waals surface area contributed by atoms with Gasteiger partial charge >= 0.3 is 0 Å². The van der Waals surface area contributed by atoms with E-state index in [1.165, 1.54) is 108 Å². The van der Waals surface area contributed by atoms with Crippen LogP contribution in [0.25, 0.3) is 0 Å². The topological polar surface area (TPSA) is 12.0 Å². The molecular formula is C30H51N. The molecule has 0 heterocycles. The third kappa shape index (κ3) is 6.52. The number of rotatable bonds is 11. The maximum Gasteiger partial charge on any atom is 0.0343 e. The lowest BCUT2D eigenvalue weighted by Crippen LogP contribution is -2.36. The Labute approximate surface area is 194 Å². The quantitative estimate of drug-likeness (QED) is 0.348. The Kier molecular flexibility index (Phi) is 9.79. The van der Waals surface area contributed by atoms with Gasteiger partial charge in [-0.1, -0.05) is 71.8 Å². The monoisotopic (exact) mass is 425 g/mol. The number of aryl methyl sites for hydroxylation is 1. The number of anilines is 1. The van der Waals surface area contributed by atoms with Crippen molar-refractivity contribution in [3.63, 3.8) is 0 Å². The van der Waals surface area contributed by atoms with Crippen LogP contribution >= 0.6 is 0 Å². The van der Waals surface area contributed by atoms with E-state index in [0.29, 0.717) is 11.3 Å². The molecule has 1 aromatic carbocycles. The van der Waals surface area contributed by atoms with Crippen LogP contribution in [-0.4, -0.2) is 6.54 Å². The van der Waals surface area contributed by atoms with Crippen molar-refractivity contribution < 1.29 is 0 Å². The van der Waals surface area contributed by atoms with E-state index < -0.39 is 0 Å². The van der Waals surface area contributed by atoms with Crippen LogP contribution in [-0.2, 0) is 0 Å².